The van der Waals surface area contributed by atoms with Crippen molar-refractivity contribution in [1.29, 1.82) is 0 Å². The molecule has 0 amide bonds. The number of aliphatic hydroxyl groups is 1. The normalized spacial score (nSPS) is 8.27. The highest BCUT2D eigenvalue weighted by atomic mass is 16.4. The fraction of sp³-hybridized carbons (Fsp3) is 0.833. The van der Waals surface area contributed by atoms with Gasteiger partial charge in [-0.3, -0.25) is 4.79 Å². The summed E-state index contributed by atoms with van der Waals surface area (Å²) in [6.45, 7) is 3.36. The van der Waals surface area contributed by atoms with Crippen molar-refractivity contribution in [2.45, 2.75) is 6.92 Å². The van der Waals surface area contributed by atoms with Gasteiger partial charge in [0.05, 0.1) is 6.61 Å². The van der Waals surface area contributed by atoms with Crippen molar-refractivity contribution in [3.8, 4) is 0 Å². The van der Waals surface area contributed by atoms with E-state index in [2.05, 4.69) is 5.32 Å². The third-order valence-corrected chi connectivity index (χ3v) is 0.610. The zero-order chi connectivity index (χ0) is 9.11. The molecule has 5 N–H and O–H groups in total. The number of rotatable bonds is 4. The van der Waals surface area contributed by atoms with Gasteiger partial charge in [0.25, 0.3) is 5.97 Å². The van der Waals surface area contributed by atoms with E-state index in [1.54, 1.807) is 0 Å². The van der Waals surface area contributed by atoms with Crippen LogP contribution in [0, 0.1) is 0 Å². The Hall–Kier alpha value is -0.650. The smallest absolute Gasteiger partial charge is 0.300 e. The third-order valence-electron chi connectivity index (χ3n) is 0.610. The van der Waals surface area contributed by atoms with Crippen molar-refractivity contribution < 1.29 is 15.0 Å². The molecule has 0 unspecified atom stereocenters. The maximum Gasteiger partial charge on any atom is 0.300 e. The molecule has 0 aliphatic carbocycles. The second kappa shape index (κ2) is 12.1. The second-order valence-electron chi connectivity index (χ2n) is 1.78. The minimum absolute atomic E-state index is 0.194. The molecule has 0 radical (unpaired) electrons. The molecule has 0 fully saturated rings. The van der Waals surface area contributed by atoms with Crippen LogP contribution >= 0.6 is 0 Å². The molecule has 5 heteroatoms. The molecule has 0 aliphatic rings. The Morgan fingerprint density at radius 1 is 1.55 bits per heavy atom. The van der Waals surface area contributed by atoms with Crippen molar-refractivity contribution in [2.24, 2.45) is 5.73 Å². The quantitative estimate of drug-likeness (QED) is 0.384. The minimum atomic E-state index is -0.833. The fourth-order valence-corrected chi connectivity index (χ4v) is 0.306. The Bertz CT molecular complexity index is 79.9. The molecule has 0 saturated carbocycles. The number of hydrogen-bond donors (Lipinski definition) is 4. The lowest BCUT2D eigenvalue weighted by Gasteiger charge is -1.95. The summed E-state index contributed by atoms with van der Waals surface area (Å²) in [5.41, 5.74) is 5.13. The summed E-state index contributed by atoms with van der Waals surface area (Å²) >= 11 is 0. The van der Waals surface area contributed by atoms with E-state index < -0.39 is 5.97 Å². The molecule has 0 atom stereocenters. The van der Waals surface area contributed by atoms with E-state index in [9.17, 15) is 0 Å². The Morgan fingerprint density at radius 3 is 2.27 bits per heavy atom. The van der Waals surface area contributed by atoms with E-state index >= 15 is 0 Å². The zero-order valence-corrected chi connectivity index (χ0v) is 6.71. The van der Waals surface area contributed by atoms with Crippen molar-refractivity contribution in [3.05, 3.63) is 0 Å². The lowest BCUT2D eigenvalue weighted by molar-refractivity contribution is -0.134. The highest BCUT2D eigenvalue weighted by Gasteiger charge is 1.77. The first-order valence-corrected chi connectivity index (χ1v) is 3.36. The van der Waals surface area contributed by atoms with Gasteiger partial charge in [-0.2, -0.15) is 0 Å². The van der Waals surface area contributed by atoms with E-state index in [4.69, 9.17) is 20.7 Å². The number of carboxylic acids is 1. The first-order valence-electron chi connectivity index (χ1n) is 3.36. The van der Waals surface area contributed by atoms with E-state index in [-0.39, 0.29) is 6.61 Å². The van der Waals surface area contributed by atoms with Crippen LogP contribution in [0.25, 0.3) is 0 Å². The number of nitrogens with two attached hydrogens (primary N) is 1. The molecule has 0 aromatic rings. The molecule has 0 aliphatic heterocycles. The largest absolute Gasteiger partial charge is 0.481 e. The number of nitrogens with one attached hydrogen (secondary N) is 1. The van der Waals surface area contributed by atoms with Crippen LogP contribution in [-0.4, -0.2) is 42.4 Å². The predicted octanol–water partition coefficient (Wildman–Crippen LogP) is -1.38. The Balaban J connectivity index is 0. The average Bonchev–Trinajstić information content (AvgIpc) is 1.88. The van der Waals surface area contributed by atoms with Crippen molar-refractivity contribution in [3.63, 3.8) is 0 Å². The molecule has 0 rings (SSSR count). The average molecular weight is 164 g/mol. The second-order valence-corrected chi connectivity index (χ2v) is 1.78. The van der Waals surface area contributed by atoms with Gasteiger partial charge >= 0.3 is 0 Å². The molecule has 0 aromatic heterocycles. The summed E-state index contributed by atoms with van der Waals surface area (Å²) in [5.74, 6) is -0.833. The van der Waals surface area contributed by atoms with Crippen LogP contribution < -0.4 is 11.1 Å². The van der Waals surface area contributed by atoms with Crippen LogP contribution in [-0.2, 0) is 4.79 Å². The summed E-state index contributed by atoms with van der Waals surface area (Å²) < 4.78 is 0. The van der Waals surface area contributed by atoms with E-state index in [0.717, 1.165) is 13.5 Å². The van der Waals surface area contributed by atoms with Crippen molar-refractivity contribution in [2.75, 3.05) is 26.2 Å². The van der Waals surface area contributed by atoms with E-state index in [1.807, 2.05) is 0 Å². The molecular weight excluding hydrogens is 148 g/mol. The summed E-state index contributed by atoms with van der Waals surface area (Å²) in [6, 6.07) is 0. The van der Waals surface area contributed by atoms with Crippen LogP contribution in [0.5, 0.6) is 0 Å². The number of aliphatic hydroxyl groups excluding tert-OH is 1. The van der Waals surface area contributed by atoms with Gasteiger partial charge in [-0.05, 0) is 0 Å². The summed E-state index contributed by atoms with van der Waals surface area (Å²) in [4.78, 5) is 9.00. The van der Waals surface area contributed by atoms with Gasteiger partial charge in [-0.15, -0.1) is 0 Å². The first-order chi connectivity index (χ1) is 5.15. The highest BCUT2D eigenvalue weighted by Crippen LogP contribution is 1.51. The number of hydrogen-bond acceptors (Lipinski definition) is 4. The molecule has 68 valence electrons. The van der Waals surface area contributed by atoms with Gasteiger partial charge in [0.1, 0.15) is 0 Å². The monoisotopic (exact) mass is 164 g/mol. The predicted molar refractivity (Wildman–Crippen MR) is 42.3 cm³/mol. The molecule has 0 spiro atoms. The zero-order valence-electron chi connectivity index (χ0n) is 6.71. The van der Waals surface area contributed by atoms with Gasteiger partial charge in [0, 0.05) is 26.6 Å². The molecule has 0 heterocycles. The molecular formula is C6H16N2O3. The Morgan fingerprint density at radius 2 is 2.00 bits per heavy atom. The SMILES string of the molecule is CC(=O)O.NCCNCCO. The van der Waals surface area contributed by atoms with Crippen LogP contribution in [0.15, 0.2) is 0 Å². The van der Waals surface area contributed by atoms with Crippen LogP contribution in [0.2, 0.25) is 0 Å². The topological polar surface area (TPSA) is 95.6 Å². The van der Waals surface area contributed by atoms with Crippen LogP contribution in [0.3, 0.4) is 0 Å². The molecule has 0 saturated heterocycles. The summed E-state index contributed by atoms with van der Waals surface area (Å²) in [7, 11) is 0. The molecule has 0 aromatic carbocycles. The maximum atomic E-state index is 9.00. The van der Waals surface area contributed by atoms with E-state index in [1.165, 1.54) is 0 Å². The standard InChI is InChI=1S/C4H12N2O.C2H4O2/c5-1-2-6-3-4-7;1-2(3)4/h6-7H,1-5H2;1H3,(H,3,4). The third kappa shape index (κ3) is 45.0. The van der Waals surface area contributed by atoms with Crippen LogP contribution in [0.4, 0.5) is 0 Å². The Kier molecular flexibility index (Phi) is 14.2. The van der Waals surface area contributed by atoms with Gasteiger partial charge in [-0.25, -0.2) is 0 Å². The Labute approximate surface area is 66.2 Å². The molecule has 0 bridgehead atoms. The molecule has 11 heavy (non-hydrogen) atoms. The molecule has 5 nitrogen and oxygen atoms in total. The number of carboxylic acid groups (broad SMARTS) is 1. The number of aliphatic carboxylic acids is 1. The van der Waals surface area contributed by atoms with Crippen molar-refractivity contribution >= 4 is 5.97 Å². The first kappa shape index (κ1) is 13.0. The lowest BCUT2D eigenvalue weighted by atomic mass is 10.6. The van der Waals surface area contributed by atoms with Gasteiger partial charge < -0.3 is 21.3 Å². The maximum absolute atomic E-state index is 9.00. The lowest BCUT2D eigenvalue weighted by Crippen LogP contribution is -2.24. The van der Waals surface area contributed by atoms with Gasteiger partial charge in [0.2, 0.25) is 0 Å². The minimum Gasteiger partial charge on any atom is -0.481 e. The summed E-state index contributed by atoms with van der Waals surface area (Å²) in [5, 5.41) is 18.5. The van der Waals surface area contributed by atoms with Crippen LogP contribution in [0.1, 0.15) is 6.92 Å². The summed E-state index contributed by atoms with van der Waals surface area (Å²) in [6.07, 6.45) is 0. The number of carbonyl (C=O) groups is 1. The fourth-order valence-electron chi connectivity index (χ4n) is 0.306. The van der Waals surface area contributed by atoms with Gasteiger partial charge in [-0.1, -0.05) is 0 Å². The van der Waals surface area contributed by atoms with E-state index in [0.29, 0.717) is 13.1 Å². The van der Waals surface area contributed by atoms with Gasteiger partial charge in [0.15, 0.2) is 0 Å². The highest BCUT2D eigenvalue weighted by molar-refractivity contribution is 5.62. The van der Waals surface area contributed by atoms with Crippen molar-refractivity contribution in [1.82, 2.24) is 5.32 Å².